The number of likely N-dealkylation sites (N-methyl/N-ethyl adjacent to an activating group) is 1. The molecule has 196 valence electrons. The fourth-order valence-corrected chi connectivity index (χ4v) is 4.54. The Morgan fingerprint density at radius 1 is 0.895 bits per heavy atom. The molecule has 3 aromatic carbocycles. The van der Waals surface area contributed by atoms with E-state index in [9.17, 15) is 9.59 Å². The monoisotopic (exact) mass is 508 g/mol. The van der Waals surface area contributed by atoms with Crippen molar-refractivity contribution in [3.05, 3.63) is 101 Å². The minimum absolute atomic E-state index is 0.000552. The molecule has 0 aliphatic carbocycles. The van der Waals surface area contributed by atoms with Crippen molar-refractivity contribution in [1.29, 1.82) is 0 Å². The predicted octanol–water partition coefficient (Wildman–Crippen LogP) is 6.55. The van der Waals surface area contributed by atoms with Gasteiger partial charge < -0.3 is 10.2 Å². The van der Waals surface area contributed by atoms with Gasteiger partial charge in [-0.15, -0.1) is 0 Å². The van der Waals surface area contributed by atoms with Crippen LogP contribution < -0.4 is 5.32 Å². The van der Waals surface area contributed by atoms with Crippen LogP contribution in [0.4, 0.5) is 5.82 Å². The summed E-state index contributed by atoms with van der Waals surface area (Å²) in [6.07, 6.45) is 0. The van der Waals surface area contributed by atoms with Crippen molar-refractivity contribution in [3.8, 4) is 16.8 Å². The highest BCUT2D eigenvalue weighted by molar-refractivity contribution is 6.01. The molecule has 0 radical (unpaired) electrons. The van der Waals surface area contributed by atoms with E-state index in [4.69, 9.17) is 5.10 Å². The first-order chi connectivity index (χ1) is 18.1. The van der Waals surface area contributed by atoms with Gasteiger partial charge in [-0.3, -0.25) is 9.59 Å². The van der Waals surface area contributed by atoms with Gasteiger partial charge in [0.15, 0.2) is 0 Å². The zero-order chi connectivity index (χ0) is 27.4. The number of nitrogens with zero attached hydrogens (tertiary/aromatic N) is 3. The topological polar surface area (TPSA) is 67.2 Å². The molecule has 0 atom stereocenters. The van der Waals surface area contributed by atoms with Gasteiger partial charge in [-0.25, -0.2) is 4.68 Å². The maximum absolute atomic E-state index is 13.4. The van der Waals surface area contributed by atoms with Gasteiger partial charge in [0, 0.05) is 17.7 Å². The molecule has 6 heteroatoms. The smallest absolute Gasteiger partial charge is 0.254 e. The van der Waals surface area contributed by atoms with E-state index >= 15 is 0 Å². The van der Waals surface area contributed by atoms with Crippen LogP contribution in [-0.2, 0) is 10.2 Å². The fourth-order valence-electron chi connectivity index (χ4n) is 4.54. The highest BCUT2D eigenvalue weighted by Gasteiger charge is 2.24. The fraction of sp³-hybridized carbons (Fsp3) is 0.281. The lowest BCUT2D eigenvalue weighted by Gasteiger charge is -2.22. The van der Waals surface area contributed by atoms with E-state index in [-0.39, 0.29) is 23.8 Å². The van der Waals surface area contributed by atoms with Crippen molar-refractivity contribution in [2.24, 2.45) is 0 Å². The van der Waals surface area contributed by atoms with Crippen molar-refractivity contribution in [2.75, 3.05) is 18.4 Å². The van der Waals surface area contributed by atoms with Crippen LogP contribution in [0.15, 0.2) is 78.9 Å². The Balaban J connectivity index is 1.63. The van der Waals surface area contributed by atoms with Gasteiger partial charge in [0.05, 0.1) is 11.4 Å². The summed E-state index contributed by atoms with van der Waals surface area (Å²) in [5.74, 6) is 0.138. The molecule has 4 rings (SSSR count). The van der Waals surface area contributed by atoms with Crippen LogP contribution in [0.25, 0.3) is 16.8 Å². The average molecular weight is 509 g/mol. The van der Waals surface area contributed by atoms with Crippen molar-refractivity contribution in [1.82, 2.24) is 14.7 Å². The minimum atomic E-state index is -0.279. The first-order valence-electron chi connectivity index (χ1n) is 13.0. The van der Waals surface area contributed by atoms with Crippen LogP contribution in [0, 0.1) is 13.8 Å². The molecular formula is C32H36N4O2. The number of nitrogens with one attached hydrogen (secondary N) is 1. The van der Waals surface area contributed by atoms with Crippen LogP contribution in [0.1, 0.15) is 54.9 Å². The molecule has 0 unspecified atom stereocenters. The van der Waals surface area contributed by atoms with Crippen molar-refractivity contribution < 1.29 is 9.59 Å². The van der Waals surface area contributed by atoms with Gasteiger partial charge in [0.1, 0.15) is 12.4 Å². The first kappa shape index (κ1) is 26.9. The largest absolute Gasteiger partial charge is 0.330 e. The summed E-state index contributed by atoms with van der Waals surface area (Å²) < 4.78 is 1.79. The number of aryl methyl sites for hydroxylation is 2. The molecule has 0 saturated carbocycles. The molecule has 1 heterocycles. The van der Waals surface area contributed by atoms with Gasteiger partial charge in [-0.05, 0) is 61.1 Å². The summed E-state index contributed by atoms with van der Waals surface area (Å²) >= 11 is 0. The van der Waals surface area contributed by atoms with Gasteiger partial charge in [0.25, 0.3) is 5.91 Å². The van der Waals surface area contributed by atoms with Crippen molar-refractivity contribution >= 4 is 17.6 Å². The van der Waals surface area contributed by atoms with Gasteiger partial charge in [0.2, 0.25) is 5.91 Å². The second-order valence-corrected chi connectivity index (χ2v) is 10.6. The Morgan fingerprint density at radius 3 is 2.13 bits per heavy atom. The third-order valence-corrected chi connectivity index (χ3v) is 6.73. The third kappa shape index (κ3) is 5.70. The van der Waals surface area contributed by atoms with E-state index in [1.165, 1.54) is 0 Å². The second-order valence-electron chi connectivity index (χ2n) is 10.6. The molecule has 4 aromatic rings. The maximum Gasteiger partial charge on any atom is 0.254 e. The number of para-hydroxylation sites is 1. The molecule has 0 aliphatic heterocycles. The Bertz CT molecular complexity index is 1430. The third-order valence-electron chi connectivity index (χ3n) is 6.73. The number of hydrogen-bond acceptors (Lipinski definition) is 3. The SMILES string of the molecule is CCN(CC(=O)Nc1c(-c2ccccc2)c(C)nn1-c1ccccc1C)C(=O)c1ccc(C(C)(C)C)cc1. The van der Waals surface area contributed by atoms with E-state index in [1.54, 1.807) is 9.58 Å². The molecule has 0 aliphatic rings. The number of amides is 2. The molecule has 0 fully saturated rings. The normalized spacial score (nSPS) is 11.3. The van der Waals surface area contributed by atoms with E-state index in [1.807, 2.05) is 99.6 Å². The Kier molecular flexibility index (Phi) is 7.81. The standard InChI is InChI=1S/C32H36N4O2/c1-7-35(31(38)25-17-19-26(20-18-25)32(4,5)6)21-28(37)33-30-29(24-14-9-8-10-15-24)23(3)34-36(30)27-16-12-11-13-22(27)2/h8-20H,7,21H2,1-6H3,(H,33,37). The molecule has 6 nitrogen and oxygen atoms in total. The van der Waals surface area contributed by atoms with Gasteiger partial charge >= 0.3 is 0 Å². The number of benzene rings is 3. The van der Waals surface area contributed by atoms with E-state index in [0.717, 1.165) is 33.6 Å². The quantitative estimate of drug-likeness (QED) is 0.308. The van der Waals surface area contributed by atoms with E-state index < -0.39 is 0 Å². The molecule has 1 N–H and O–H groups in total. The molecule has 0 bridgehead atoms. The Hall–Kier alpha value is -4.19. The van der Waals surface area contributed by atoms with E-state index in [2.05, 4.69) is 26.1 Å². The lowest BCUT2D eigenvalue weighted by Crippen LogP contribution is -2.38. The molecule has 2 amide bonds. The zero-order valence-corrected chi connectivity index (χ0v) is 23.1. The Morgan fingerprint density at radius 2 is 1.53 bits per heavy atom. The molecule has 0 spiro atoms. The average Bonchev–Trinajstić information content (AvgIpc) is 3.22. The predicted molar refractivity (Wildman–Crippen MR) is 154 cm³/mol. The van der Waals surface area contributed by atoms with Crippen LogP contribution in [-0.4, -0.2) is 39.6 Å². The second kappa shape index (κ2) is 11.1. The first-order valence-corrected chi connectivity index (χ1v) is 13.0. The van der Waals surface area contributed by atoms with Crippen LogP contribution in [0.3, 0.4) is 0 Å². The number of aromatic nitrogens is 2. The van der Waals surface area contributed by atoms with Gasteiger partial charge in [-0.1, -0.05) is 81.4 Å². The molecule has 0 saturated heterocycles. The van der Waals surface area contributed by atoms with Gasteiger partial charge in [-0.2, -0.15) is 5.10 Å². The summed E-state index contributed by atoms with van der Waals surface area (Å²) in [5, 5.41) is 7.89. The number of rotatable bonds is 7. The number of hydrogen-bond donors (Lipinski definition) is 1. The summed E-state index contributed by atoms with van der Waals surface area (Å²) in [7, 11) is 0. The summed E-state index contributed by atoms with van der Waals surface area (Å²) in [6.45, 7) is 12.6. The highest BCUT2D eigenvalue weighted by Crippen LogP contribution is 2.34. The summed E-state index contributed by atoms with van der Waals surface area (Å²) in [6, 6.07) is 25.5. The van der Waals surface area contributed by atoms with Crippen LogP contribution in [0.2, 0.25) is 0 Å². The maximum atomic E-state index is 13.4. The summed E-state index contributed by atoms with van der Waals surface area (Å²) in [5.41, 5.74) is 6.26. The Labute approximate surface area is 225 Å². The molecule has 1 aromatic heterocycles. The van der Waals surface area contributed by atoms with Crippen molar-refractivity contribution in [2.45, 2.75) is 47.0 Å². The zero-order valence-electron chi connectivity index (χ0n) is 23.1. The van der Waals surface area contributed by atoms with E-state index in [0.29, 0.717) is 17.9 Å². The van der Waals surface area contributed by atoms with Crippen molar-refractivity contribution in [3.63, 3.8) is 0 Å². The lowest BCUT2D eigenvalue weighted by atomic mass is 9.86. The minimum Gasteiger partial charge on any atom is -0.330 e. The molecular weight excluding hydrogens is 472 g/mol. The number of anilines is 1. The number of carbonyl (C=O) groups is 2. The lowest BCUT2D eigenvalue weighted by molar-refractivity contribution is -0.116. The molecule has 38 heavy (non-hydrogen) atoms. The highest BCUT2D eigenvalue weighted by atomic mass is 16.2. The van der Waals surface area contributed by atoms with Crippen LogP contribution in [0.5, 0.6) is 0 Å². The summed E-state index contributed by atoms with van der Waals surface area (Å²) in [4.78, 5) is 28.3. The number of carbonyl (C=O) groups excluding carboxylic acids is 2. The van der Waals surface area contributed by atoms with Crippen LogP contribution >= 0.6 is 0 Å².